The average Bonchev–Trinajstić information content (AvgIpc) is 3.07. The van der Waals surface area contributed by atoms with Gasteiger partial charge in [0.05, 0.1) is 12.2 Å². The fourth-order valence-electron chi connectivity index (χ4n) is 2.91. The van der Waals surface area contributed by atoms with Crippen molar-refractivity contribution in [3.63, 3.8) is 0 Å². The minimum atomic E-state index is -5.08. The maximum Gasteiger partial charge on any atom is 0.418 e. The van der Waals surface area contributed by atoms with E-state index in [2.05, 4.69) is 5.10 Å². The normalized spacial score (nSPS) is 17.6. The van der Waals surface area contributed by atoms with Crippen molar-refractivity contribution in [2.24, 2.45) is 0 Å². The molecule has 1 aromatic heterocycles. The summed E-state index contributed by atoms with van der Waals surface area (Å²) in [5, 5.41) is 24.0. The Bertz CT molecular complexity index is 1110. The molecule has 170 valence electrons. The van der Waals surface area contributed by atoms with Gasteiger partial charge in [0, 0.05) is 18.4 Å². The molecule has 0 spiro atoms. The number of aromatic nitrogens is 2. The highest BCUT2D eigenvalue weighted by Gasteiger charge is 2.49. The van der Waals surface area contributed by atoms with E-state index in [9.17, 15) is 31.5 Å². The molecule has 2 heterocycles. The van der Waals surface area contributed by atoms with Crippen LogP contribution in [0.4, 0.5) is 29.3 Å². The molecule has 15 heteroatoms. The molecule has 0 aliphatic carbocycles. The van der Waals surface area contributed by atoms with Crippen LogP contribution in [0.5, 0.6) is 5.75 Å². The van der Waals surface area contributed by atoms with Gasteiger partial charge in [-0.25, -0.2) is 13.2 Å². The third-order valence-corrected chi connectivity index (χ3v) is 6.54. The number of carboxylic acid groups (broad SMARTS) is 1. The molecule has 0 bridgehead atoms. The van der Waals surface area contributed by atoms with Crippen LogP contribution < -0.4 is 14.4 Å². The van der Waals surface area contributed by atoms with Crippen LogP contribution in [-0.4, -0.2) is 59.4 Å². The van der Waals surface area contributed by atoms with Crippen LogP contribution in [0.3, 0.4) is 0 Å². The molecule has 0 radical (unpaired) electrons. The molecule has 1 aromatic carbocycles. The SMILES string of the molecule is CCn1cc(S(=O)(=O)N2C[C@@H]([C@H](O)C(F)(F)F)Oc3ccc(NC(=O)O)cc32)c(Cl)n1. The summed E-state index contributed by atoms with van der Waals surface area (Å²) in [6.07, 6.45) is -10.4. The lowest BCUT2D eigenvalue weighted by Crippen LogP contribution is -2.53. The lowest BCUT2D eigenvalue weighted by Gasteiger charge is -2.37. The summed E-state index contributed by atoms with van der Waals surface area (Å²) in [4.78, 5) is 10.4. The van der Waals surface area contributed by atoms with Crippen LogP contribution in [-0.2, 0) is 16.6 Å². The second-order valence-corrected chi connectivity index (χ2v) is 8.62. The van der Waals surface area contributed by atoms with E-state index < -0.39 is 51.1 Å². The summed E-state index contributed by atoms with van der Waals surface area (Å²) in [6, 6.07) is 3.34. The Hall–Kier alpha value is -2.71. The molecular weight excluding hydrogens is 469 g/mol. The van der Waals surface area contributed by atoms with Crippen molar-refractivity contribution in [3.05, 3.63) is 29.5 Å². The fraction of sp³-hybridized carbons (Fsp3) is 0.375. The van der Waals surface area contributed by atoms with Gasteiger partial charge in [0.2, 0.25) is 0 Å². The van der Waals surface area contributed by atoms with Crippen molar-refractivity contribution in [2.45, 2.75) is 36.7 Å². The van der Waals surface area contributed by atoms with Crippen LogP contribution in [0.25, 0.3) is 0 Å². The Morgan fingerprint density at radius 1 is 1.45 bits per heavy atom. The molecule has 0 fully saturated rings. The van der Waals surface area contributed by atoms with Gasteiger partial charge in [0.1, 0.15) is 10.6 Å². The number of hydrogen-bond acceptors (Lipinski definition) is 6. The summed E-state index contributed by atoms with van der Waals surface area (Å²) in [5.74, 6) is -0.307. The smallest absolute Gasteiger partial charge is 0.418 e. The van der Waals surface area contributed by atoms with Gasteiger partial charge in [-0.2, -0.15) is 18.3 Å². The second kappa shape index (κ2) is 8.09. The number of nitrogens with one attached hydrogen (secondary N) is 1. The molecule has 0 unspecified atom stereocenters. The third-order valence-electron chi connectivity index (χ3n) is 4.37. The van der Waals surface area contributed by atoms with E-state index in [0.29, 0.717) is 4.31 Å². The molecule has 1 amide bonds. The average molecular weight is 485 g/mol. The van der Waals surface area contributed by atoms with Gasteiger partial charge in [0.25, 0.3) is 10.0 Å². The van der Waals surface area contributed by atoms with Crippen molar-refractivity contribution >= 4 is 39.1 Å². The van der Waals surface area contributed by atoms with Gasteiger partial charge in [-0.3, -0.25) is 14.3 Å². The van der Waals surface area contributed by atoms with Gasteiger partial charge in [0.15, 0.2) is 17.4 Å². The number of sulfonamides is 1. The van der Waals surface area contributed by atoms with Crippen molar-refractivity contribution in [1.29, 1.82) is 0 Å². The summed E-state index contributed by atoms with van der Waals surface area (Å²) in [6.45, 7) is 1.03. The number of aliphatic hydroxyl groups excluding tert-OH is 1. The quantitative estimate of drug-likeness (QED) is 0.593. The number of nitrogens with zero attached hydrogens (tertiary/aromatic N) is 3. The van der Waals surface area contributed by atoms with Crippen molar-refractivity contribution < 1.29 is 41.3 Å². The minimum absolute atomic E-state index is 0.0554. The van der Waals surface area contributed by atoms with E-state index in [0.717, 1.165) is 18.3 Å². The summed E-state index contributed by atoms with van der Waals surface area (Å²) in [7, 11) is -4.57. The molecule has 2 atom stereocenters. The third kappa shape index (κ3) is 4.50. The zero-order chi connectivity index (χ0) is 23.1. The van der Waals surface area contributed by atoms with Crippen LogP contribution in [0, 0.1) is 0 Å². The van der Waals surface area contributed by atoms with Gasteiger partial charge < -0.3 is 14.9 Å². The number of amides is 1. The Balaban J connectivity index is 2.13. The predicted molar refractivity (Wildman–Crippen MR) is 102 cm³/mol. The lowest BCUT2D eigenvalue weighted by atomic mass is 10.1. The summed E-state index contributed by atoms with van der Waals surface area (Å²) >= 11 is 5.94. The Morgan fingerprint density at radius 2 is 2.13 bits per heavy atom. The zero-order valence-electron chi connectivity index (χ0n) is 15.7. The molecule has 2 aromatic rings. The lowest BCUT2D eigenvalue weighted by molar-refractivity contribution is -0.225. The van der Waals surface area contributed by atoms with Crippen molar-refractivity contribution in [1.82, 2.24) is 9.78 Å². The van der Waals surface area contributed by atoms with Crippen LogP contribution in [0.1, 0.15) is 6.92 Å². The highest BCUT2D eigenvalue weighted by molar-refractivity contribution is 7.93. The molecule has 3 rings (SSSR count). The monoisotopic (exact) mass is 484 g/mol. The zero-order valence-corrected chi connectivity index (χ0v) is 17.2. The van der Waals surface area contributed by atoms with Crippen LogP contribution in [0.2, 0.25) is 5.15 Å². The van der Waals surface area contributed by atoms with Gasteiger partial charge in [-0.15, -0.1) is 0 Å². The first-order chi connectivity index (χ1) is 14.3. The van der Waals surface area contributed by atoms with E-state index in [4.69, 9.17) is 21.4 Å². The van der Waals surface area contributed by atoms with Crippen LogP contribution in [0.15, 0.2) is 29.3 Å². The molecule has 3 N–H and O–H groups in total. The number of aryl methyl sites for hydroxylation is 1. The largest absolute Gasteiger partial charge is 0.483 e. The number of halogens is 4. The van der Waals surface area contributed by atoms with Crippen molar-refractivity contribution in [2.75, 3.05) is 16.2 Å². The van der Waals surface area contributed by atoms with Gasteiger partial charge >= 0.3 is 12.3 Å². The van der Waals surface area contributed by atoms with Crippen molar-refractivity contribution in [3.8, 4) is 5.75 Å². The molecule has 31 heavy (non-hydrogen) atoms. The van der Waals surface area contributed by atoms with E-state index in [1.54, 1.807) is 6.92 Å². The van der Waals surface area contributed by atoms with Gasteiger partial charge in [-0.05, 0) is 25.1 Å². The first kappa shape index (κ1) is 23.0. The maximum absolute atomic E-state index is 13.3. The fourth-order valence-corrected chi connectivity index (χ4v) is 4.84. The second-order valence-electron chi connectivity index (χ2n) is 6.43. The molecular formula is C16H16ClF3N4O6S. The number of anilines is 2. The van der Waals surface area contributed by atoms with E-state index in [1.165, 1.54) is 10.7 Å². The predicted octanol–water partition coefficient (Wildman–Crippen LogP) is 2.53. The Labute approximate surface area is 178 Å². The number of carbonyl (C=O) groups is 1. The number of hydrogen-bond donors (Lipinski definition) is 3. The number of aliphatic hydroxyl groups is 1. The Kier molecular flexibility index (Phi) is 5.99. The Morgan fingerprint density at radius 3 is 2.68 bits per heavy atom. The van der Waals surface area contributed by atoms with Crippen LogP contribution >= 0.6 is 11.6 Å². The summed E-state index contributed by atoms with van der Waals surface area (Å²) in [5.41, 5.74) is -0.294. The molecule has 0 saturated carbocycles. The molecule has 10 nitrogen and oxygen atoms in total. The molecule has 0 saturated heterocycles. The van der Waals surface area contributed by atoms with E-state index >= 15 is 0 Å². The number of alkyl halides is 3. The first-order valence-corrected chi connectivity index (χ1v) is 10.5. The topological polar surface area (TPSA) is 134 Å². The summed E-state index contributed by atoms with van der Waals surface area (Å²) < 4.78 is 72.8. The highest BCUT2D eigenvalue weighted by atomic mass is 35.5. The van der Waals surface area contributed by atoms with Gasteiger partial charge in [-0.1, -0.05) is 11.6 Å². The first-order valence-electron chi connectivity index (χ1n) is 8.65. The number of fused-ring (bicyclic) bond motifs is 1. The standard InChI is InChI=1S/C16H16ClF3N4O6S/c1-2-23-7-12(14(17)22-23)31(28,29)24-6-11(13(25)16(18,19)20)30-10-4-3-8(5-9(10)24)21-15(26)27/h3-5,7,11,13,21,25H,2,6H2,1H3,(H,26,27)/t11-,13-/m0/s1. The molecule has 1 aliphatic heterocycles. The highest BCUT2D eigenvalue weighted by Crippen LogP contribution is 2.41. The molecule has 1 aliphatic rings. The number of rotatable bonds is 5. The number of benzene rings is 1. The maximum atomic E-state index is 13.3. The minimum Gasteiger partial charge on any atom is -0.483 e. The van der Waals surface area contributed by atoms with E-state index in [-0.39, 0.29) is 23.7 Å². The number of ether oxygens (including phenoxy) is 1. The van der Waals surface area contributed by atoms with E-state index in [1.807, 2.05) is 5.32 Å².